The van der Waals surface area contributed by atoms with Gasteiger partial charge in [0.1, 0.15) is 5.82 Å². The first-order valence-corrected chi connectivity index (χ1v) is 5.50. The highest BCUT2D eigenvalue weighted by Crippen LogP contribution is 2.23. The van der Waals surface area contributed by atoms with E-state index in [0.717, 1.165) is 5.39 Å². The summed E-state index contributed by atoms with van der Waals surface area (Å²) in [6.45, 7) is 1.56. The highest BCUT2D eigenvalue weighted by molar-refractivity contribution is 6.28. The molecular weight excluding hydrogens is 244 g/mol. The van der Waals surface area contributed by atoms with E-state index < -0.39 is 0 Å². The van der Waals surface area contributed by atoms with Gasteiger partial charge in [-0.05, 0) is 11.6 Å². The highest BCUT2D eigenvalue weighted by atomic mass is 35.5. The Morgan fingerprint density at radius 3 is 3.12 bits per heavy atom. The van der Waals surface area contributed by atoms with Gasteiger partial charge in [-0.3, -0.25) is 9.89 Å². The summed E-state index contributed by atoms with van der Waals surface area (Å²) in [4.78, 5) is 21.4. The zero-order valence-electron chi connectivity index (χ0n) is 8.77. The van der Waals surface area contributed by atoms with E-state index in [9.17, 15) is 4.79 Å². The number of carbonyl (C=O) groups is 1. The van der Waals surface area contributed by atoms with Crippen LogP contribution < -0.4 is 10.2 Å². The molecule has 0 radical (unpaired) electrons. The van der Waals surface area contributed by atoms with E-state index >= 15 is 0 Å². The molecule has 1 amide bonds. The molecule has 1 aliphatic rings. The van der Waals surface area contributed by atoms with Crippen molar-refractivity contribution in [2.45, 2.75) is 0 Å². The van der Waals surface area contributed by atoms with E-state index in [1.807, 2.05) is 4.90 Å². The van der Waals surface area contributed by atoms with Crippen LogP contribution in [0.15, 0.2) is 6.20 Å². The first-order valence-electron chi connectivity index (χ1n) is 5.12. The fourth-order valence-corrected chi connectivity index (χ4v) is 2.02. The number of rotatable bonds is 1. The zero-order valence-corrected chi connectivity index (χ0v) is 9.53. The normalized spacial score (nSPS) is 16.3. The van der Waals surface area contributed by atoms with Crippen LogP contribution in [-0.2, 0) is 4.79 Å². The van der Waals surface area contributed by atoms with Gasteiger partial charge in [0, 0.05) is 13.1 Å². The largest absolute Gasteiger partial charge is 0.353 e. The van der Waals surface area contributed by atoms with Crippen molar-refractivity contribution in [3.63, 3.8) is 0 Å². The molecule has 1 fully saturated rings. The summed E-state index contributed by atoms with van der Waals surface area (Å²) in [6, 6.07) is 0. The maximum absolute atomic E-state index is 11.4. The Hall–Kier alpha value is -1.89. The van der Waals surface area contributed by atoms with Gasteiger partial charge in [0.25, 0.3) is 0 Å². The Kier molecular flexibility index (Phi) is 2.32. The van der Waals surface area contributed by atoms with Gasteiger partial charge in [-0.25, -0.2) is 0 Å². The van der Waals surface area contributed by atoms with Crippen molar-refractivity contribution in [1.82, 2.24) is 25.5 Å². The van der Waals surface area contributed by atoms with Gasteiger partial charge >= 0.3 is 0 Å². The van der Waals surface area contributed by atoms with Crippen LogP contribution in [0.1, 0.15) is 0 Å². The quantitative estimate of drug-likeness (QED) is 0.695. The molecule has 0 atom stereocenters. The van der Waals surface area contributed by atoms with Gasteiger partial charge in [-0.1, -0.05) is 0 Å². The summed E-state index contributed by atoms with van der Waals surface area (Å²) in [6.07, 6.45) is 1.63. The fourth-order valence-electron chi connectivity index (χ4n) is 1.85. The van der Waals surface area contributed by atoms with Crippen LogP contribution in [0, 0.1) is 0 Å². The van der Waals surface area contributed by atoms with Gasteiger partial charge in [-0.2, -0.15) is 15.1 Å². The molecule has 0 aromatic carbocycles. The minimum absolute atomic E-state index is 0.0253. The number of aromatic amines is 1. The molecule has 8 heteroatoms. The smallest absolute Gasteiger partial charge is 0.239 e. The molecule has 1 saturated heterocycles. The van der Waals surface area contributed by atoms with E-state index in [0.29, 0.717) is 24.6 Å². The molecule has 0 bridgehead atoms. The third-order valence-corrected chi connectivity index (χ3v) is 2.77. The maximum Gasteiger partial charge on any atom is 0.239 e. The van der Waals surface area contributed by atoms with Crippen LogP contribution in [0.3, 0.4) is 0 Å². The molecule has 0 spiro atoms. The van der Waals surface area contributed by atoms with Crippen LogP contribution in [0.2, 0.25) is 5.28 Å². The molecule has 2 aromatic rings. The van der Waals surface area contributed by atoms with Gasteiger partial charge in [0.15, 0.2) is 5.65 Å². The molecule has 7 nitrogen and oxygen atoms in total. The zero-order chi connectivity index (χ0) is 11.8. The predicted molar refractivity (Wildman–Crippen MR) is 61.9 cm³/mol. The lowest BCUT2D eigenvalue weighted by Gasteiger charge is -2.27. The van der Waals surface area contributed by atoms with Crippen LogP contribution in [0.4, 0.5) is 5.82 Å². The second-order valence-electron chi connectivity index (χ2n) is 3.72. The number of fused-ring (bicyclic) bond motifs is 1. The number of H-pyrrole nitrogens is 1. The van der Waals surface area contributed by atoms with Crippen molar-refractivity contribution in [1.29, 1.82) is 0 Å². The fraction of sp³-hybridized carbons (Fsp3) is 0.333. The standard InChI is InChI=1S/C9H9ClN6O/c10-9-13-7-5(3-12-15-7)8(14-9)16-2-1-11-6(17)4-16/h3H,1-2,4H2,(H,11,17)(H,12,13,14,15). The topological polar surface area (TPSA) is 86.8 Å². The summed E-state index contributed by atoms with van der Waals surface area (Å²) < 4.78 is 0. The number of aromatic nitrogens is 4. The number of amides is 1. The highest BCUT2D eigenvalue weighted by Gasteiger charge is 2.21. The van der Waals surface area contributed by atoms with E-state index in [4.69, 9.17) is 11.6 Å². The Morgan fingerprint density at radius 2 is 2.29 bits per heavy atom. The second kappa shape index (κ2) is 3.85. The van der Waals surface area contributed by atoms with Crippen LogP contribution in [0.25, 0.3) is 11.0 Å². The molecule has 88 valence electrons. The van der Waals surface area contributed by atoms with E-state index in [1.165, 1.54) is 0 Å². The maximum atomic E-state index is 11.4. The Bertz CT molecular complexity index is 582. The Labute approximate surface area is 101 Å². The number of nitrogens with zero attached hydrogens (tertiary/aromatic N) is 4. The second-order valence-corrected chi connectivity index (χ2v) is 4.06. The monoisotopic (exact) mass is 252 g/mol. The lowest BCUT2D eigenvalue weighted by molar-refractivity contribution is -0.120. The minimum Gasteiger partial charge on any atom is -0.353 e. The average Bonchev–Trinajstić information content (AvgIpc) is 2.75. The molecule has 2 N–H and O–H groups in total. The summed E-state index contributed by atoms with van der Waals surface area (Å²) in [5, 5.41) is 10.3. The molecule has 17 heavy (non-hydrogen) atoms. The third-order valence-electron chi connectivity index (χ3n) is 2.60. The van der Waals surface area contributed by atoms with Crippen LogP contribution >= 0.6 is 11.6 Å². The number of anilines is 1. The summed E-state index contributed by atoms with van der Waals surface area (Å²) in [5.41, 5.74) is 0.575. The number of carbonyl (C=O) groups excluding carboxylic acids is 1. The van der Waals surface area contributed by atoms with E-state index in [-0.39, 0.29) is 17.7 Å². The van der Waals surface area contributed by atoms with E-state index in [2.05, 4.69) is 25.5 Å². The Balaban J connectivity index is 2.09. The third kappa shape index (κ3) is 1.78. The van der Waals surface area contributed by atoms with Crippen molar-refractivity contribution in [3.05, 3.63) is 11.5 Å². The number of hydrogen-bond acceptors (Lipinski definition) is 5. The molecule has 1 aliphatic heterocycles. The molecule has 2 aromatic heterocycles. The first-order chi connectivity index (χ1) is 8.24. The van der Waals surface area contributed by atoms with Crippen molar-refractivity contribution in [2.24, 2.45) is 0 Å². The van der Waals surface area contributed by atoms with Crippen molar-refractivity contribution >= 4 is 34.4 Å². The summed E-state index contributed by atoms with van der Waals surface area (Å²) in [5.74, 6) is 0.617. The van der Waals surface area contributed by atoms with Crippen molar-refractivity contribution in [3.8, 4) is 0 Å². The van der Waals surface area contributed by atoms with Crippen molar-refractivity contribution in [2.75, 3.05) is 24.5 Å². The van der Waals surface area contributed by atoms with Crippen LogP contribution in [0.5, 0.6) is 0 Å². The van der Waals surface area contributed by atoms with E-state index in [1.54, 1.807) is 6.20 Å². The lowest BCUT2D eigenvalue weighted by atomic mass is 10.3. The predicted octanol–water partition coefficient (Wildman–Crippen LogP) is -0.0575. The number of halogens is 1. The number of hydrogen-bond donors (Lipinski definition) is 2. The Morgan fingerprint density at radius 1 is 1.41 bits per heavy atom. The van der Waals surface area contributed by atoms with Crippen molar-refractivity contribution < 1.29 is 4.79 Å². The van der Waals surface area contributed by atoms with Gasteiger partial charge in [-0.15, -0.1) is 0 Å². The molecule has 3 heterocycles. The molecule has 0 saturated carbocycles. The first kappa shape index (κ1) is 10.3. The van der Waals surface area contributed by atoms with Gasteiger partial charge in [0.05, 0.1) is 18.1 Å². The lowest BCUT2D eigenvalue weighted by Crippen LogP contribution is -2.48. The van der Waals surface area contributed by atoms with Gasteiger partial charge < -0.3 is 10.2 Å². The molecule has 0 aliphatic carbocycles. The minimum atomic E-state index is -0.0253. The number of piperazine rings is 1. The SMILES string of the molecule is O=C1CN(c2nc(Cl)nc3[nH]ncc23)CCN1. The number of nitrogens with one attached hydrogen (secondary N) is 2. The summed E-state index contributed by atoms with van der Waals surface area (Å²) in [7, 11) is 0. The van der Waals surface area contributed by atoms with Crippen LogP contribution in [-0.4, -0.2) is 45.7 Å². The summed E-state index contributed by atoms with van der Waals surface area (Å²) >= 11 is 5.84. The van der Waals surface area contributed by atoms with Gasteiger partial charge in [0.2, 0.25) is 11.2 Å². The molecule has 0 unspecified atom stereocenters. The molecule has 3 rings (SSSR count). The average molecular weight is 253 g/mol. The molecular formula is C9H9ClN6O.